The Bertz CT molecular complexity index is 422. The van der Waals surface area contributed by atoms with Crippen molar-refractivity contribution in [2.75, 3.05) is 18.9 Å². The second kappa shape index (κ2) is 6.06. The lowest BCUT2D eigenvalue weighted by molar-refractivity contribution is -0.123. The zero-order valence-corrected chi connectivity index (χ0v) is 11.4. The molecule has 1 fully saturated rings. The lowest BCUT2D eigenvalue weighted by atomic mass is 9.92. The smallest absolute Gasteiger partial charge is 0.220 e. The number of carbonyl (C=O) groups is 1. The average Bonchev–Trinajstić information content (AvgIpc) is 2.38. The molecule has 0 unspecified atom stereocenters. The summed E-state index contributed by atoms with van der Waals surface area (Å²) >= 11 is 0. The van der Waals surface area contributed by atoms with Crippen LogP contribution in [0, 0.1) is 0 Å². The fraction of sp³-hybridized carbons (Fsp3) is 0.533. The van der Waals surface area contributed by atoms with Crippen molar-refractivity contribution in [3.05, 3.63) is 29.8 Å². The summed E-state index contributed by atoms with van der Waals surface area (Å²) in [6, 6.07) is 7.68. The van der Waals surface area contributed by atoms with Gasteiger partial charge < -0.3 is 15.8 Å². The number of nitrogen functional groups attached to an aromatic ring is 1. The molecule has 4 nitrogen and oxygen atoms in total. The van der Waals surface area contributed by atoms with E-state index in [0.717, 1.165) is 43.7 Å². The van der Waals surface area contributed by atoms with Crippen LogP contribution in [0.5, 0.6) is 0 Å². The maximum atomic E-state index is 12.0. The molecule has 0 radical (unpaired) electrons. The molecule has 0 spiro atoms. The molecule has 1 aromatic rings. The monoisotopic (exact) mass is 262 g/mol. The van der Waals surface area contributed by atoms with Crippen LogP contribution < -0.4 is 11.1 Å². The third-order valence-corrected chi connectivity index (χ3v) is 3.66. The zero-order valence-electron chi connectivity index (χ0n) is 11.4. The molecular weight excluding hydrogens is 240 g/mol. The first-order valence-corrected chi connectivity index (χ1v) is 6.81. The van der Waals surface area contributed by atoms with Gasteiger partial charge in [0, 0.05) is 30.9 Å². The minimum Gasteiger partial charge on any atom is -0.399 e. The molecule has 3 N–H and O–H groups in total. The minimum absolute atomic E-state index is 0.101. The summed E-state index contributed by atoms with van der Waals surface area (Å²) in [7, 11) is 0. The Labute approximate surface area is 114 Å². The fourth-order valence-electron chi connectivity index (χ4n) is 2.29. The molecule has 0 atom stereocenters. The SMILES string of the molecule is CC1(NC(=O)CCc2ccc(N)cc2)CCOCC1. The second-order valence-corrected chi connectivity index (χ2v) is 5.46. The minimum atomic E-state index is -0.101. The number of nitrogens with two attached hydrogens (primary N) is 1. The summed E-state index contributed by atoms with van der Waals surface area (Å²) < 4.78 is 5.32. The van der Waals surface area contributed by atoms with Crippen molar-refractivity contribution < 1.29 is 9.53 Å². The average molecular weight is 262 g/mol. The number of carbonyl (C=O) groups excluding carboxylic acids is 1. The van der Waals surface area contributed by atoms with Crippen LogP contribution in [0.2, 0.25) is 0 Å². The van der Waals surface area contributed by atoms with Crippen molar-refractivity contribution in [3.8, 4) is 0 Å². The van der Waals surface area contributed by atoms with E-state index in [1.165, 1.54) is 0 Å². The number of rotatable bonds is 4. The van der Waals surface area contributed by atoms with E-state index in [2.05, 4.69) is 12.2 Å². The molecule has 0 saturated carbocycles. The van der Waals surface area contributed by atoms with E-state index in [1.807, 2.05) is 24.3 Å². The summed E-state index contributed by atoms with van der Waals surface area (Å²) in [5, 5.41) is 3.13. The van der Waals surface area contributed by atoms with Gasteiger partial charge in [-0.2, -0.15) is 0 Å². The number of aryl methyl sites for hydroxylation is 1. The topological polar surface area (TPSA) is 64.4 Å². The molecule has 1 saturated heterocycles. The Morgan fingerprint density at radius 3 is 2.58 bits per heavy atom. The van der Waals surface area contributed by atoms with Crippen LogP contribution >= 0.6 is 0 Å². The van der Waals surface area contributed by atoms with Crippen LogP contribution in [0.15, 0.2) is 24.3 Å². The van der Waals surface area contributed by atoms with Gasteiger partial charge in [-0.05, 0) is 43.9 Å². The summed E-state index contributed by atoms with van der Waals surface area (Å²) in [5.74, 6) is 0.112. The van der Waals surface area contributed by atoms with E-state index in [4.69, 9.17) is 10.5 Å². The van der Waals surface area contributed by atoms with Gasteiger partial charge in [-0.25, -0.2) is 0 Å². The first-order chi connectivity index (χ1) is 9.07. The number of hydrogen-bond donors (Lipinski definition) is 2. The highest BCUT2D eigenvalue weighted by Crippen LogP contribution is 2.20. The normalized spacial score (nSPS) is 17.9. The fourth-order valence-corrected chi connectivity index (χ4v) is 2.29. The van der Waals surface area contributed by atoms with E-state index >= 15 is 0 Å². The lowest BCUT2D eigenvalue weighted by Gasteiger charge is -2.34. The highest BCUT2D eigenvalue weighted by Gasteiger charge is 2.28. The molecule has 4 heteroatoms. The standard InChI is InChI=1S/C15H22N2O2/c1-15(8-10-19-11-9-15)17-14(18)7-4-12-2-5-13(16)6-3-12/h2-3,5-6H,4,7-11,16H2,1H3,(H,17,18). The van der Waals surface area contributed by atoms with Crippen LogP contribution in [-0.4, -0.2) is 24.7 Å². The predicted octanol–water partition coefficient (Wildman–Crippen LogP) is 1.89. The van der Waals surface area contributed by atoms with Crippen LogP contribution in [0.3, 0.4) is 0 Å². The highest BCUT2D eigenvalue weighted by atomic mass is 16.5. The van der Waals surface area contributed by atoms with Crippen molar-refractivity contribution in [3.63, 3.8) is 0 Å². The van der Waals surface area contributed by atoms with E-state index in [0.29, 0.717) is 6.42 Å². The van der Waals surface area contributed by atoms with Gasteiger partial charge in [-0.1, -0.05) is 12.1 Å². The van der Waals surface area contributed by atoms with E-state index in [1.54, 1.807) is 0 Å². The molecule has 1 aliphatic heterocycles. The maximum Gasteiger partial charge on any atom is 0.220 e. The molecule has 0 bridgehead atoms. The van der Waals surface area contributed by atoms with Gasteiger partial charge in [0.15, 0.2) is 0 Å². The molecule has 19 heavy (non-hydrogen) atoms. The Morgan fingerprint density at radius 1 is 1.32 bits per heavy atom. The number of anilines is 1. The summed E-state index contributed by atoms with van der Waals surface area (Å²) in [6.07, 6.45) is 3.04. The first kappa shape index (κ1) is 13.9. The van der Waals surface area contributed by atoms with Crippen molar-refractivity contribution in [2.45, 2.75) is 38.1 Å². The highest BCUT2D eigenvalue weighted by molar-refractivity contribution is 5.77. The summed E-state index contributed by atoms with van der Waals surface area (Å²) in [6.45, 7) is 3.56. The van der Waals surface area contributed by atoms with Crippen LogP contribution in [0.1, 0.15) is 31.7 Å². The molecule has 1 aromatic carbocycles. The quantitative estimate of drug-likeness (QED) is 0.814. The summed E-state index contributed by atoms with van der Waals surface area (Å²) in [4.78, 5) is 12.0. The van der Waals surface area contributed by atoms with Crippen LogP contribution in [-0.2, 0) is 16.0 Å². The third-order valence-electron chi connectivity index (χ3n) is 3.66. The second-order valence-electron chi connectivity index (χ2n) is 5.46. The number of nitrogens with one attached hydrogen (secondary N) is 1. The van der Waals surface area contributed by atoms with E-state index in [9.17, 15) is 4.79 Å². The molecular formula is C15H22N2O2. The molecule has 0 aromatic heterocycles. The van der Waals surface area contributed by atoms with Gasteiger partial charge in [0.05, 0.1) is 0 Å². The Kier molecular flexibility index (Phi) is 4.43. The van der Waals surface area contributed by atoms with E-state index < -0.39 is 0 Å². The number of hydrogen-bond acceptors (Lipinski definition) is 3. The molecule has 1 amide bonds. The molecule has 2 rings (SSSR count). The summed E-state index contributed by atoms with van der Waals surface area (Å²) in [5.41, 5.74) is 7.42. The third kappa shape index (κ3) is 4.24. The molecule has 1 aliphatic rings. The van der Waals surface area contributed by atoms with E-state index in [-0.39, 0.29) is 11.4 Å². The van der Waals surface area contributed by atoms with Gasteiger partial charge in [-0.3, -0.25) is 4.79 Å². The molecule has 1 heterocycles. The molecule has 0 aliphatic carbocycles. The van der Waals surface area contributed by atoms with Crippen molar-refractivity contribution in [1.29, 1.82) is 0 Å². The van der Waals surface area contributed by atoms with Crippen LogP contribution in [0.25, 0.3) is 0 Å². The van der Waals surface area contributed by atoms with Crippen molar-refractivity contribution in [1.82, 2.24) is 5.32 Å². The number of amides is 1. The Hall–Kier alpha value is -1.55. The number of ether oxygens (including phenoxy) is 1. The lowest BCUT2D eigenvalue weighted by Crippen LogP contribution is -2.49. The Morgan fingerprint density at radius 2 is 1.95 bits per heavy atom. The first-order valence-electron chi connectivity index (χ1n) is 6.81. The van der Waals surface area contributed by atoms with Gasteiger partial charge >= 0.3 is 0 Å². The van der Waals surface area contributed by atoms with Crippen molar-refractivity contribution >= 4 is 11.6 Å². The Balaban J connectivity index is 1.79. The predicted molar refractivity (Wildman–Crippen MR) is 75.8 cm³/mol. The van der Waals surface area contributed by atoms with Gasteiger partial charge in [0.2, 0.25) is 5.91 Å². The van der Waals surface area contributed by atoms with Gasteiger partial charge in [0.25, 0.3) is 0 Å². The van der Waals surface area contributed by atoms with Gasteiger partial charge in [0.1, 0.15) is 0 Å². The van der Waals surface area contributed by atoms with Crippen molar-refractivity contribution in [2.24, 2.45) is 0 Å². The largest absolute Gasteiger partial charge is 0.399 e. The maximum absolute atomic E-state index is 12.0. The van der Waals surface area contributed by atoms with Gasteiger partial charge in [-0.15, -0.1) is 0 Å². The van der Waals surface area contributed by atoms with Crippen LogP contribution in [0.4, 0.5) is 5.69 Å². The number of benzene rings is 1. The molecule has 104 valence electrons. The zero-order chi connectivity index (χ0) is 13.7.